The van der Waals surface area contributed by atoms with Crippen LogP contribution in [0.4, 0.5) is 0 Å². The molecule has 1 aliphatic heterocycles. The Labute approximate surface area is 79.4 Å². The van der Waals surface area contributed by atoms with Crippen LogP contribution in [0.25, 0.3) is 0 Å². The Kier molecular flexibility index (Phi) is 2.32. The molecule has 13 heavy (non-hydrogen) atoms. The zero-order chi connectivity index (χ0) is 9.26. The fourth-order valence-corrected chi connectivity index (χ4v) is 1.91. The molecular formula is C11H16N2. The molecule has 0 aliphatic carbocycles. The Bertz CT molecular complexity index is 279. The average Bonchev–Trinajstić information content (AvgIpc) is 2.53. The van der Waals surface area contributed by atoms with Gasteiger partial charge in [-0.2, -0.15) is 0 Å². The highest BCUT2D eigenvalue weighted by molar-refractivity contribution is 5.19. The summed E-state index contributed by atoms with van der Waals surface area (Å²) in [6.45, 7) is 5.37. The van der Waals surface area contributed by atoms with E-state index in [0.29, 0.717) is 12.0 Å². The van der Waals surface area contributed by atoms with Gasteiger partial charge in [0.05, 0.1) is 0 Å². The molecule has 1 aromatic rings. The minimum absolute atomic E-state index is 0.659. The number of aryl methyl sites for hydroxylation is 1. The smallest absolute Gasteiger partial charge is 0.0372 e. The van der Waals surface area contributed by atoms with Crippen molar-refractivity contribution >= 4 is 0 Å². The van der Waals surface area contributed by atoms with Gasteiger partial charge in [-0.25, -0.2) is 0 Å². The van der Waals surface area contributed by atoms with Crippen molar-refractivity contribution in [3.05, 3.63) is 29.6 Å². The van der Waals surface area contributed by atoms with Gasteiger partial charge in [-0.05, 0) is 37.8 Å². The van der Waals surface area contributed by atoms with Crippen LogP contribution in [0.2, 0.25) is 0 Å². The Morgan fingerprint density at radius 3 is 2.85 bits per heavy atom. The third-order valence-corrected chi connectivity index (χ3v) is 2.76. The summed E-state index contributed by atoms with van der Waals surface area (Å²) in [5.74, 6) is 0.670. The summed E-state index contributed by atoms with van der Waals surface area (Å²) in [6, 6.07) is 4.96. The lowest BCUT2D eigenvalue weighted by Gasteiger charge is -2.07. The van der Waals surface area contributed by atoms with E-state index in [2.05, 4.69) is 29.4 Å². The lowest BCUT2D eigenvalue weighted by atomic mass is 9.98. The zero-order valence-corrected chi connectivity index (χ0v) is 8.25. The predicted octanol–water partition coefficient (Wildman–Crippen LogP) is 1.86. The van der Waals surface area contributed by atoms with Gasteiger partial charge in [-0.1, -0.05) is 6.07 Å². The minimum Gasteiger partial charge on any atom is -0.314 e. The fraction of sp³-hybridized carbons (Fsp3) is 0.545. The highest BCUT2D eigenvalue weighted by atomic mass is 14.9. The van der Waals surface area contributed by atoms with Gasteiger partial charge in [0, 0.05) is 24.5 Å². The molecule has 0 aromatic carbocycles. The first-order chi connectivity index (χ1) is 6.25. The molecule has 2 unspecified atom stereocenters. The number of nitrogens with one attached hydrogen (secondary N) is 1. The first-order valence-corrected chi connectivity index (χ1v) is 4.91. The minimum atomic E-state index is 0.659. The third kappa shape index (κ3) is 1.89. The Morgan fingerprint density at radius 2 is 2.31 bits per heavy atom. The molecule has 2 heterocycles. The van der Waals surface area contributed by atoms with E-state index in [1.807, 2.05) is 13.1 Å². The summed E-state index contributed by atoms with van der Waals surface area (Å²) < 4.78 is 0. The van der Waals surface area contributed by atoms with Crippen LogP contribution in [0.1, 0.15) is 30.5 Å². The van der Waals surface area contributed by atoms with Crippen LogP contribution in [-0.4, -0.2) is 17.6 Å². The maximum Gasteiger partial charge on any atom is 0.0372 e. The largest absolute Gasteiger partial charge is 0.314 e. The quantitative estimate of drug-likeness (QED) is 0.706. The Morgan fingerprint density at radius 1 is 1.46 bits per heavy atom. The number of pyridine rings is 1. The van der Waals surface area contributed by atoms with Crippen molar-refractivity contribution in [2.24, 2.45) is 0 Å². The van der Waals surface area contributed by atoms with Crippen molar-refractivity contribution in [2.45, 2.75) is 32.2 Å². The fourth-order valence-electron chi connectivity index (χ4n) is 1.91. The number of aromatic nitrogens is 1. The summed E-state index contributed by atoms with van der Waals surface area (Å²) in [5, 5.41) is 3.45. The zero-order valence-electron chi connectivity index (χ0n) is 8.25. The van der Waals surface area contributed by atoms with Crippen molar-refractivity contribution in [3.63, 3.8) is 0 Å². The monoisotopic (exact) mass is 176 g/mol. The van der Waals surface area contributed by atoms with Crippen molar-refractivity contribution in [1.29, 1.82) is 0 Å². The van der Waals surface area contributed by atoms with E-state index in [9.17, 15) is 0 Å². The van der Waals surface area contributed by atoms with Gasteiger partial charge in [-0.3, -0.25) is 4.98 Å². The summed E-state index contributed by atoms with van der Waals surface area (Å²) >= 11 is 0. The second kappa shape index (κ2) is 3.46. The molecule has 0 amide bonds. The molecule has 0 radical (unpaired) electrons. The molecule has 1 aromatic heterocycles. The number of hydrogen-bond donors (Lipinski definition) is 1. The van der Waals surface area contributed by atoms with Crippen molar-refractivity contribution < 1.29 is 0 Å². The summed E-state index contributed by atoms with van der Waals surface area (Å²) in [7, 11) is 0. The summed E-state index contributed by atoms with van der Waals surface area (Å²) in [4.78, 5) is 4.32. The van der Waals surface area contributed by atoms with Crippen molar-refractivity contribution in [3.8, 4) is 0 Å². The highest BCUT2D eigenvalue weighted by Gasteiger charge is 2.21. The van der Waals surface area contributed by atoms with Crippen LogP contribution in [0.5, 0.6) is 0 Å². The molecule has 1 saturated heterocycles. The molecular weight excluding hydrogens is 160 g/mol. The van der Waals surface area contributed by atoms with Crippen LogP contribution in [0.15, 0.2) is 18.3 Å². The molecule has 70 valence electrons. The van der Waals surface area contributed by atoms with E-state index in [0.717, 1.165) is 12.2 Å². The van der Waals surface area contributed by atoms with E-state index in [1.165, 1.54) is 12.0 Å². The van der Waals surface area contributed by atoms with Gasteiger partial charge < -0.3 is 5.32 Å². The summed E-state index contributed by atoms with van der Waals surface area (Å²) in [5.41, 5.74) is 2.48. The van der Waals surface area contributed by atoms with Gasteiger partial charge in [-0.15, -0.1) is 0 Å². The second-order valence-electron chi connectivity index (χ2n) is 3.97. The van der Waals surface area contributed by atoms with E-state index in [1.54, 1.807) is 0 Å². The molecule has 1 fully saturated rings. The summed E-state index contributed by atoms with van der Waals surface area (Å²) in [6.07, 6.45) is 3.25. The second-order valence-corrected chi connectivity index (χ2v) is 3.97. The normalized spacial score (nSPS) is 27.8. The lowest BCUT2D eigenvalue weighted by molar-refractivity contribution is 0.658. The maximum atomic E-state index is 4.32. The number of nitrogens with zero attached hydrogens (tertiary/aromatic N) is 1. The molecule has 1 aliphatic rings. The van der Waals surface area contributed by atoms with Crippen LogP contribution >= 0.6 is 0 Å². The molecule has 2 atom stereocenters. The van der Waals surface area contributed by atoms with Gasteiger partial charge >= 0.3 is 0 Å². The van der Waals surface area contributed by atoms with E-state index in [4.69, 9.17) is 0 Å². The first kappa shape index (κ1) is 8.70. The molecule has 1 N–H and O–H groups in total. The van der Waals surface area contributed by atoms with Gasteiger partial charge in [0.2, 0.25) is 0 Å². The third-order valence-electron chi connectivity index (χ3n) is 2.76. The highest BCUT2D eigenvalue weighted by Crippen LogP contribution is 2.24. The predicted molar refractivity (Wildman–Crippen MR) is 53.8 cm³/mol. The van der Waals surface area contributed by atoms with Crippen molar-refractivity contribution in [2.75, 3.05) is 6.54 Å². The average molecular weight is 176 g/mol. The van der Waals surface area contributed by atoms with Gasteiger partial charge in [0.1, 0.15) is 0 Å². The van der Waals surface area contributed by atoms with Gasteiger partial charge in [0.25, 0.3) is 0 Å². The first-order valence-electron chi connectivity index (χ1n) is 4.91. The topological polar surface area (TPSA) is 24.9 Å². The van der Waals surface area contributed by atoms with Crippen LogP contribution < -0.4 is 5.32 Å². The van der Waals surface area contributed by atoms with Crippen LogP contribution in [0, 0.1) is 6.92 Å². The lowest BCUT2D eigenvalue weighted by Crippen LogP contribution is -2.16. The van der Waals surface area contributed by atoms with Crippen LogP contribution in [-0.2, 0) is 0 Å². The SMILES string of the molecule is Cc1ccc(C2CNC(C)C2)cn1. The van der Waals surface area contributed by atoms with Gasteiger partial charge in [0.15, 0.2) is 0 Å². The van der Waals surface area contributed by atoms with E-state index >= 15 is 0 Å². The standard InChI is InChI=1S/C11H16N2/c1-8-3-4-10(6-12-8)11-5-9(2)13-7-11/h3-4,6,9,11,13H,5,7H2,1-2H3. The maximum absolute atomic E-state index is 4.32. The number of rotatable bonds is 1. The Balaban J connectivity index is 2.13. The number of hydrogen-bond acceptors (Lipinski definition) is 2. The van der Waals surface area contributed by atoms with E-state index in [-0.39, 0.29) is 0 Å². The van der Waals surface area contributed by atoms with Crippen molar-refractivity contribution in [1.82, 2.24) is 10.3 Å². The molecule has 2 heteroatoms. The molecule has 2 nitrogen and oxygen atoms in total. The molecule has 0 spiro atoms. The Hall–Kier alpha value is -0.890. The molecule has 0 bridgehead atoms. The molecule has 0 saturated carbocycles. The molecule has 2 rings (SSSR count). The van der Waals surface area contributed by atoms with Crippen LogP contribution in [0.3, 0.4) is 0 Å². The van der Waals surface area contributed by atoms with E-state index < -0.39 is 0 Å².